The maximum absolute atomic E-state index is 12.9. The first-order valence-corrected chi connectivity index (χ1v) is 12.2. The van der Waals surface area contributed by atoms with E-state index in [9.17, 15) is 14.4 Å². The van der Waals surface area contributed by atoms with Crippen LogP contribution in [0.2, 0.25) is 0 Å². The van der Waals surface area contributed by atoms with Gasteiger partial charge in [0.1, 0.15) is 16.8 Å². The monoisotopic (exact) mass is 478 g/mol. The Hall–Kier alpha value is -2.41. The van der Waals surface area contributed by atoms with Crippen molar-refractivity contribution in [3.05, 3.63) is 34.9 Å². The molecule has 0 aromatic heterocycles. The summed E-state index contributed by atoms with van der Waals surface area (Å²) in [5, 5.41) is 0. The van der Waals surface area contributed by atoms with Gasteiger partial charge in [-0.3, -0.25) is 4.89 Å². The van der Waals surface area contributed by atoms with Crippen molar-refractivity contribution in [3.8, 4) is 0 Å². The molecule has 0 heterocycles. The Bertz CT molecular complexity index is 802. The summed E-state index contributed by atoms with van der Waals surface area (Å²) in [4.78, 5) is 49.0. The molecule has 1 aromatic carbocycles. The van der Waals surface area contributed by atoms with E-state index in [1.807, 2.05) is 62.3 Å². The summed E-state index contributed by atoms with van der Waals surface area (Å²) in [6, 6.07) is 4.07. The van der Waals surface area contributed by atoms with Crippen molar-refractivity contribution in [1.29, 1.82) is 0 Å². The molecule has 0 saturated carbocycles. The third kappa shape index (κ3) is 9.84. The lowest BCUT2D eigenvalue weighted by atomic mass is 10.0. The highest BCUT2D eigenvalue weighted by Crippen LogP contribution is 2.24. The van der Waals surface area contributed by atoms with Crippen molar-refractivity contribution in [3.63, 3.8) is 0 Å². The Kier molecular flexibility index (Phi) is 10.8. The number of hydrogen-bond donors (Lipinski definition) is 0. The van der Waals surface area contributed by atoms with Crippen LogP contribution < -0.4 is 0 Å². The largest absolute Gasteiger partial charge is 0.456 e. The molecule has 0 saturated heterocycles. The number of carbonyl (C=O) groups excluding carboxylic acids is 3. The number of benzene rings is 1. The van der Waals surface area contributed by atoms with Crippen LogP contribution >= 0.6 is 0 Å². The van der Waals surface area contributed by atoms with Crippen molar-refractivity contribution >= 4 is 17.9 Å². The average Bonchev–Trinajstić information content (AvgIpc) is 2.70. The third-order valence-corrected chi connectivity index (χ3v) is 5.28. The molecule has 0 bridgehead atoms. The van der Waals surface area contributed by atoms with Gasteiger partial charge in [-0.1, -0.05) is 40.0 Å². The highest BCUT2D eigenvalue weighted by molar-refractivity contribution is 6.00. The molecule has 7 heteroatoms. The predicted octanol–water partition coefficient (Wildman–Crippen LogP) is 6.82. The standard InChI is InChI=1S/C27H42O7/c1-10-13-25(4,5)31-22(28)19-16-20(23(29)32-26(6,7)14-11-2)18-21(17-19)24(30)33-34-27(8,9)15-12-3/h16-18H,10-15H2,1-9H3. The topological polar surface area (TPSA) is 88.1 Å². The highest BCUT2D eigenvalue weighted by Gasteiger charge is 2.28. The fourth-order valence-corrected chi connectivity index (χ4v) is 3.75. The van der Waals surface area contributed by atoms with Gasteiger partial charge in [-0.25, -0.2) is 14.4 Å². The summed E-state index contributed by atoms with van der Waals surface area (Å²) in [5.41, 5.74) is -1.94. The minimum Gasteiger partial charge on any atom is -0.456 e. The molecule has 0 radical (unpaired) electrons. The molecule has 0 fully saturated rings. The van der Waals surface area contributed by atoms with Gasteiger partial charge in [-0.05, 0) is 79.0 Å². The number of carbonyl (C=O) groups is 3. The molecular weight excluding hydrogens is 436 g/mol. The van der Waals surface area contributed by atoms with E-state index in [-0.39, 0.29) is 16.7 Å². The van der Waals surface area contributed by atoms with Crippen molar-refractivity contribution in [2.75, 3.05) is 0 Å². The van der Waals surface area contributed by atoms with E-state index in [1.54, 1.807) is 0 Å². The number of esters is 2. The van der Waals surface area contributed by atoms with Gasteiger partial charge in [0.25, 0.3) is 0 Å². The first-order valence-electron chi connectivity index (χ1n) is 12.2. The van der Waals surface area contributed by atoms with Crippen LogP contribution in [0.5, 0.6) is 0 Å². The lowest BCUT2D eigenvalue weighted by molar-refractivity contribution is -0.308. The quantitative estimate of drug-likeness (QED) is 0.174. The van der Waals surface area contributed by atoms with Crippen LogP contribution in [0.1, 0.15) is 132 Å². The van der Waals surface area contributed by atoms with Crippen LogP contribution in [-0.2, 0) is 19.2 Å². The number of hydrogen-bond acceptors (Lipinski definition) is 7. The molecule has 0 N–H and O–H groups in total. The summed E-state index contributed by atoms with van der Waals surface area (Å²) < 4.78 is 11.3. The highest BCUT2D eigenvalue weighted by atomic mass is 17.2. The van der Waals surface area contributed by atoms with Gasteiger partial charge in [0.2, 0.25) is 0 Å². The van der Waals surface area contributed by atoms with E-state index in [4.69, 9.17) is 19.2 Å². The van der Waals surface area contributed by atoms with Crippen LogP contribution in [0.3, 0.4) is 0 Å². The molecule has 0 aliphatic rings. The van der Waals surface area contributed by atoms with Gasteiger partial charge >= 0.3 is 17.9 Å². The minimum absolute atomic E-state index is 0.00436. The van der Waals surface area contributed by atoms with Crippen LogP contribution in [0.25, 0.3) is 0 Å². The molecule has 0 spiro atoms. The van der Waals surface area contributed by atoms with Crippen LogP contribution in [0.15, 0.2) is 18.2 Å². The van der Waals surface area contributed by atoms with Crippen molar-refractivity contribution in [2.45, 2.75) is 118 Å². The van der Waals surface area contributed by atoms with Gasteiger partial charge in [0.05, 0.1) is 16.7 Å². The summed E-state index contributed by atoms with van der Waals surface area (Å²) in [5.74, 6) is -2.09. The van der Waals surface area contributed by atoms with Crippen LogP contribution in [0.4, 0.5) is 0 Å². The molecule has 0 unspecified atom stereocenters. The van der Waals surface area contributed by atoms with Gasteiger partial charge in [-0.15, -0.1) is 0 Å². The summed E-state index contributed by atoms with van der Waals surface area (Å²) in [6.07, 6.45) is 4.54. The molecule has 0 aliphatic heterocycles. The van der Waals surface area contributed by atoms with E-state index >= 15 is 0 Å². The van der Waals surface area contributed by atoms with Gasteiger partial charge in [0, 0.05) is 0 Å². The van der Waals surface area contributed by atoms with Crippen molar-refractivity contribution in [1.82, 2.24) is 0 Å². The normalized spacial score (nSPS) is 12.3. The Labute approximate surface area is 204 Å². The third-order valence-electron chi connectivity index (χ3n) is 5.28. The lowest BCUT2D eigenvalue weighted by Crippen LogP contribution is -2.29. The SMILES string of the molecule is CCCC(C)(C)OOC(=O)c1cc(C(=O)OC(C)(C)CCC)cc(C(=O)OC(C)(C)CCC)c1. The smallest absolute Gasteiger partial charge is 0.373 e. The molecule has 192 valence electrons. The number of rotatable bonds is 13. The minimum atomic E-state index is -0.812. The van der Waals surface area contributed by atoms with E-state index in [1.165, 1.54) is 18.2 Å². The summed E-state index contributed by atoms with van der Waals surface area (Å²) >= 11 is 0. The molecule has 0 atom stereocenters. The second-order valence-corrected chi connectivity index (χ2v) is 10.6. The summed E-state index contributed by atoms with van der Waals surface area (Å²) in [6.45, 7) is 16.9. The fourth-order valence-electron chi connectivity index (χ4n) is 3.75. The fraction of sp³-hybridized carbons (Fsp3) is 0.667. The first kappa shape index (κ1) is 29.6. The lowest BCUT2D eigenvalue weighted by Gasteiger charge is -2.26. The van der Waals surface area contributed by atoms with E-state index < -0.39 is 34.7 Å². The number of ether oxygens (including phenoxy) is 2. The molecular formula is C27H42O7. The zero-order chi connectivity index (χ0) is 26.2. The van der Waals surface area contributed by atoms with Gasteiger partial charge in [-0.2, -0.15) is 4.89 Å². The predicted molar refractivity (Wildman–Crippen MR) is 131 cm³/mol. The average molecular weight is 479 g/mol. The maximum atomic E-state index is 12.9. The molecule has 0 aliphatic carbocycles. The van der Waals surface area contributed by atoms with E-state index in [0.29, 0.717) is 19.3 Å². The molecule has 7 nitrogen and oxygen atoms in total. The Morgan fingerprint density at radius 1 is 0.588 bits per heavy atom. The summed E-state index contributed by atoms with van der Waals surface area (Å²) in [7, 11) is 0. The zero-order valence-corrected chi connectivity index (χ0v) is 22.3. The van der Waals surface area contributed by atoms with E-state index in [0.717, 1.165) is 19.3 Å². The van der Waals surface area contributed by atoms with Crippen LogP contribution in [0, 0.1) is 0 Å². The van der Waals surface area contributed by atoms with Crippen molar-refractivity contribution in [2.24, 2.45) is 0 Å². The van der Waals surface area contributed by atoms with Gasteiger partial charge < -0.3 is 9.47 Å². The second-order valence-electron chi connectivity index (χ2n) is 10.6. The van der Waals surface area contributed by atoms with Gasteiger partial charge in [0.15, 0.2) is 0 Å². The maximum Gasteiger partial charge on any atom is 0.373 e. The Morgan fingerprint density at radius 3 is 1.26 bits per heavy atom. The molecule has 0 amide bonds. The molecule has 1 rings (SSSR count). The first-order chi connectivity index (χ1) is 15.6. The molecule has 34 heavy (non-hydrogen) atoms. The zero-order valence-electron chi connectivity index (χ0n) is 22.3. The Balaban J connectivity index is 3.30. The van der Waals surface area contributed by atoms with Crippen molar-refractivity contribution < 1.29 is 33.6 Å². The van der Waals surface area contributed by atoms with Crippen LogP contribution in [-0.4, -0.2) is 34.7 Å². The molecule has 1 aromatic rings. The Morgan fingerprint density at radius 2 is 0.912 bits per heavy atom. The van der Waals surface area contributed by atoms with E-state index in [2.05, 4.69) is 0 Å². The second kappa shape index (κ2) is 12.3.